The second-order valence-corrected chi connectivity index (χ2v) is 7.27. The van der Waals surface area contributed by atoms with E-state index in [4.69, 9.17) is 23.2 Å². The monoisotopic (exact) mass is 354 g/mol. The van der Waals surface area contributed by atoms with E-state index in [2.05, 4.69) is 19.0 Å². The van der Waals surface area contributed by atoms with Crippen molar-refractivity contribution in [3.05, 3.63) is 39.9 Å². The first kappa shape index (κ1) is 18.3. The average molecular weight is 355 g/mol. The van der Waals surface area contributed by atoms with Gasteiger partial charge in [-0.2, -0.15) is 0 Å². The smallest absolute Gasteiger partial charge is 0.246 e. The Morgan fingerprint density at radius 3 is 2.39 bits per heavy atom. The van der Waals surface area contributed by atoms with E-state index in [0.717, 1.165) is 44.0 Å². The topological polar surface area (TPSA) is 23.6 Å². The number of likely N-dealkylation sites (tertiary alicyclic amines) is 1. The van der Waals surface area contributed by atoms with Crippen molar-refractivity contribution in [2.24, 2.45) is 5.92 Å². The number of halogens is 2. The molecule has 5 heteroatoms. The molecule has 0 radical (unpaired) electrons. The quantitative estimate of drug-likeness (QED) is 0.739. The Kier molecular flexibility index (Phi) is 6.94. The Balaban J connectivity index is 1.84. The van der Waals surface area contributed by atoms with Crippen LogP contribution in [0.15, 0.2) is 24.3 Å². The minimum Gasteiger partial charge on any atom is -0.339 e. The summed E-state index contributed by atoms with van der Waals surface area (Å²) in [6, 6.07) is 5.27. The van der Waals surface area contributed by atoms with Crippen molar-refractivity contribution in [2.45, 2.75) is 19.3 Å². The molecule has 1 aliphatic rings. The number of piperidine rings is 1. The van der Waals surface area contributed by atoms with E-state index in [1.54, 1.807) is 30.4 Å². The van der Waals surface area contributed by atoms with Crippen molar-refractivity contribution in [3.8, 4) is 0 Å². The Hall–Kier alpha value is -1.03. The molecule has 0 aliphatic carbocycles. The summed E-state index contributed by atoms with van der Waals surface area (Å²) in [5.74, 6) is 0.796. The molecule has 1 heterocycles. The van der Waals surface area contributed by atoms with Gasteiger partial charge in [0.05, 0.1) is 0 Å². The zero-order valence-electron chi connectivity index (χ0n) is 13.8. The first-order valence-electron chi connectivity index (χ1n) is 8.02. The molecule has 3 nitrogen and oxygen atoms in total. The highest BCUT2D eigenvalue weighted by Gasteiger charge is 2.21. The summed E-state index contributed by atoms with van der Waals surface area (Å²) in [5, 5.41) is 1.15. The third-order valence-corrected chi connectivity index (χ3v) is 4.65. The zero-order chi connectivity index (χ0) is 16.8. The minimum atomic E-state index is 0.0622. The van der Waals surface area contributed by atoms with Gasteiger partial charge in [0.15, 0.2) is 0 Å². The lowest BCUT2D eigenvalue weighted by atomic mass is 9.93. The van der Waals surface area contributed by atoms with Gasteiger partial charge in [-0.1, -0.05) is 23.2 Å². The Labute approximate surface area is 148 Å². The number of amides is 1. The Morgan fingerprint density at radius 1 is 1.22 bits per heavy atom. The number of hydrogen-bond donors (Lipinski definition) is 0. The Bertz CT molecular complexity index is 544. The normalized spacial score (nSPS) is 16.5. The van der Waals surface area contributed by atoms with Gasteiger partial charge in [0, 0.05) is 29.2 Å². The largest absolute Gasteiger partial charge is 0.339 e. The van der Waals surface area contributed by atoms with Crippen molar-refractivity contribution < 1.29 is 4.79 Å². The SMILES string of the molecule is CN(C)CCC1CCN(C(=O)/C=C/c2cc(Cl)cc(Cl)c2)CC1. The molecule has 0 bridgehead atoms. The summed E-state index contributed by atoms with van der Waals surface area (Å²) < 4.78 is 0. The predicted octanol–water partition coefficient (Wildman–Crippen LogP) is 4.20. The first-order valence-corrected chi connectivity index (χ1v) is 8.77. The fourth-order valence-electron chi connectivity index (χ4n) is 2.83. The van der Waals surface area contributed by atoms with Gasteiger partial charge in [-0.15, -0.1) is 0 Å². The number of nitrogens with zero attached hydrogens (tertiary/aromatic N) is 2. The van der Waals surface area contributed by atoms with Crippen LogP contribution in [0.25, 0.3) is 6.08 Å². The van der Waals surface area contributed by atoms with Crippen LogP contribution >= 0.6 is 23.2 Å². The standard InChI is InChI=1S/C18H24Cl2N2O/c1-21(2)8-5-14-6-9-22(10-7-14)18(23)4-3-15-11-16(19)13-17(20)12-15/h3-4,11-14H,5-10H2,1-2H3/b4-3+. The van der Waals surface area contributed by atoms with Crippen LogP contribution in [0.2, 0.25) is 10.0 Å². The van der Waals surface area contributed by atoms with Gasteiger partial charge in [0.2, 0.25) is 5.91 Å². The molecule has 1 aromatic carbocycles. The summed E-state index contributed by atoms with van der Waals surface area (Å²) in [6.07, 6.45) is 6.79. The van der Waals surface area contributed by atoms with Crippen LogP contribution in [0, 0.1) is 5.92 Å². The Morgan fingerprint density at radius 2 is 1.83 bits per heavy atom. The molecule has 1 fully saturated rings. The second-order valence-electron chi connectivity index (χ2n) is 6.40. The lowest BCUT2D eigenvalue weighted by Crippen LogP contribution is -2.38. The molecule has 1 aromatic rings. The van der Waals surface area contributed by atoms with E-state index >= 15 is 0 Å². The summed E-state index contributed by atoms with van der Waals surface area (Å²) >= 11 is 11.9. The van der Waals surface area contributed by atoms with Crippen molar-refractivity contribution in [2.75, 3.05) is 33.7 Å². The van der Waals surface area contributed by atoms with Gasteiger partial charge >= 0.3 is 0 Å². The predicted molar refractivity (Wildman–Crippen MR) is 98.0 cm³/mol. The number of rotatable bonds is 5. The van der Waals surface area contributed by atoms with Crippen molar-refractivity contribution in [3.63, 3.8) is 0 Å². The highest BCUT2D eigenvalue weighted by atomic mass is 35.5. The third kappa shape index (κ3) is 6.17. The van der Waals surface area contributed by atoms with Crippen LogP contribution in [0.4, 0.5) is 0 Å². The summed E-state index contributed by atoms with van der Waals surface area (Å²) in [7, 11) is 4.21. The molecule has 0 N–H and O–H groups in total. The summed E-state index contributed by atoms with van der Waals surface area (Å²) in [5.41, 5.74) is 0.844. The highest BCUT2D eigenvalue weighted by Crippen LogP contribution is 2.22. The van der Waals surface area contributed by atoms with Crippen LogP contribution in [0.1, 0.15) is 24.8 Å². The summed E-state index contributed by atoms with van der Waals surface area (Å²) in [6.45, 7) is 2.81. The van der Waals surface area contributed by atoms with Gasteiger partial charge in [0.25, 0.3) is 0 Å². The molecule has 23 heavy (non-hydrogen) atoms. The third-order valence-electron chi connectivity index (χ3n) is 4.21. The number of carbonyl (C=O) groups excluding carboxylic acids is 1. The van der Waals surface area contributed by atoms with E-state index in [0.29, 0.717) is 10.0 Å². The number of hydrogen-bond acceptors (Lipinski definition) is 2. The fourth-order valence-corrected chi connectivity index (χ4v) is 3.37. The molecule has 1 saturated heterocycles. The maximum Gasteiger partial charge on any atom is 0.246 e. The van der Waals surface area contributed by atoms with Gasteiger partial charge in [-0.05, 0) is 75.7 Å². The van der Waals surface area contributed by atoms with Crippen LogP contribution in [-0.4, -0.2) is 49.4 Å². The fraction of sp³-hybridized carbons (Fsp3) is 0.500. The van der Waals surface area contributed by atoms with Crippen LogP contribution in [0.5, 0.6) is 0 Å². The number of benzene rings is 1. The minimum absolute atomic E-state index is 0.0622. The molecule has 0 saturated carbocycles. The van der Waals surface area contributed by atoms with Crippen LogP contribution in [0.3, 0.4) is 0 Å². The molecular weight excluding hydrogens is 331 g/mol. The van der Waals surface area contributed by atoms with Crippen LogP contribution < -0.4 is 0 Å². The molecule has 0 aromatic heterocycles. The van der Waals surface area contributed by atoms with E-state index in [-0.39, 0.29) is 5.91 Å². The van der Waals surface area contributed by atoms with Crippen molar-refractivity contribution in [1.82, 2.24) is 9.80 Å². The van der Waals surface area contributed by atoms with E-state index in [9.17, 15) is 4.79 Å². The van der Waals surface area contributed by atoms with Crippen molar-refractivity contribution >= 4 is 35.2 Å². The summed E-state index contributed by atoms with van der Waals surface area (Å²) in [4.78, 5) is 16.4. The molecule has 1 aliphatic heterocycles. The lowest BCUT2D eigenvalue weighted by Gasteiger charge is -2.31. The highest BCUT2D eigenvalue weighted by molar-refractivity contribution is 6.34. The van der Waals surface area contributed by atoms with Crippen molar-refractivity contribution in [1.29, 1.82) is 0 Å². The van der Waals surface area contributed by atoms with Gasteiger partial charge < -0.3 is 9.80 Å². The number of carbonyl (C=O) groups is 1. The molecular formula is C18H24Cl2N2O. The van der Waals surface area contributed by atoms with Crippen LogP contribution in [-0.2, 0) is 4.79 Å². The van der Waals surface area contributed by atoms with Gasteiger partial charge in [0.1, 0.15) is 0 Å². The molecule has 1 amide bonds. The average Bonchev–Trinajstić information content (AvgIpc) is 2.50. The molecule has 0 unspecified atom stereocenters. The molecule has 0 atom stereocenters. The lowest BCUT2D eigenvalue weighted by molar-refractivity contribution is -0.127. The molecule has 0 spiro atoms. The second kappa shape index (κ2) is 8.72. The van der Waals surface area contributed by atoms with E-state index in [1.165, 1.54) is 6.42 Å². The van der Waals surface area contributed by atoms with E-state index in [1.807, 2.05) is 4.90 Å². The van der Waals surface area contributed by atoms with E-state index < -0.39 is 0 Å². The maximum atomic E-state index is 12.3. The molecule has 126 valence electrons. The first-order chi connectivity index (χ1) is 10.9. The van der Waals surface area contributed by atoms with Gasteiger partial charge in [-0.3, -0.25) is 4.79 Å². The zero-order valence-corrected chi connectivity index (χ0v) is 15.3. The van der Waals surface area contributed by atoms with Gasteiger partial charge in [-0.25, -0.2) is 0 Å². The maximum absolute atomic E-state index is 12.3. The molecule has 2 rings (SSSR count).